The highest BCUT2D eigenvalue weighted by molar-refractivity contribution is 5.84. The summed E-state index contributed by atoms with van der Waals surface area (Å²) in [6, 6.07) is 21.1. The number of carbonyl (C=O) groups is 1. The van der Waals surface area contributed by atoms with Crippen molar-refractivity contribution in [3.63, 3.8) is 0 Å². The van der Waals surface area contributed by atoms with Crippen LogP contribution in [0.15, 0.2) is 60.7 Å². The number of Topliss-reactive ketones (excluding diaryl/α,β-unsaturated/α-hetero) is 1. The standard InChI is InChI=1S/C20H23NO/c22-20(19-12-7-15-21-19)14-13-18(16-8-3-1-4-9-16)17-10-5-2-6-11-17/h1-6,8-11,18-19,21H,7,12-15H2. The number of benzene rings is 2. The summed E-state index contributed by atoms with van der Waals surface area (Å²) < 4.78 is 0. The smallest absolute Gasteiger partial charge is 0.149 e. The topological polar surface area (TPSA) is 29.1 Å². The first-order chi connectivity index (χ1) is 10.8. The third-order valence-corrected chi connectivity index (χ3v) is 4.53. The third-order valence-electron chi connectivity index (χ3n) is 4.53. The van der Waals surface area contributed by atoms with Gasteiger partial charge in [0.25, 0.3) is 0 Å². The van der Waals surface area contributed by atoms with Gasteiger partial charge in [0.15, 0.2) is 0 Å². The highest BCUT2D eigenvalue weighted by atomic mass is 16.1. The minimum Gasteiger partial charge on any atom is -0.307 e. The molecule has 0 aliphatic carbocycles. The minimum atomic E-state index is 0.0900. The van der Waals surface area contributed by atoms with Crippen molar-refractivity contribution in [1.29, 1.82) is 0 Å². The molecule has 2 nitrogen and oxygen atoms in total. The number of hydrogen-bond donors (Lipinski definition) is 1. The van der Waals surface area contributed by atoms with Crippen LogP contribution < -0.4 is 5.32 Å². The van der Waals surface area contributed by atoms with Gasteiger partial charge in [0, 0.05) is 12.3 Å². The van der Waals surface area contributed by atoms with E-state index >= 15 is 0 Å². The Kier molecular flexibility index (Phi) is 5.02. The van der Waals surface area contributed by atoms with Crippen molar-refractivity contribution in [2.75, 3.05) is 6.54 Å². The number of nitrogens with one attached hydrogen (secondary N) is 1. The Morgan fingerprint density at radius 2 is 1.59 bits per heavy atom. The van der Waals surface area contributed by atoms with Crippen molar-refractivity contribution in [3.05, 3.63) is 71.8 Å². The van der Waals surface area contributed by atoms with Crippen LogP contribution in [0, 0.1) is 0 Å². The molecular weight excluding hydrogens is 270 g/mol. The Hall–Kier alpha value is -1.93. The summed E-state index contributed by atoms with van der Waals surface area (Å²) in [5.74, 6) is 0.669. The van der Waals surface area contributed by atoms with Gasteiger partial charge in [-0.05, 0) is 36.9 Å². The number of ketones is 1. The fraction of sp³-hybridized carbons (Fsp3) is 0.350. The van der Waals surface area contributed by atoms with Gasteiger partial charge in [-0.25, -0.2) is 0 Å². The molecule has 1 N–H and O–H groups in total. The first kappa shape index (κ1) is 15.0. The Labute approximate surface area is 132 Å². The van der Waals surface area contributed by atoms with Crippen LogP contribution in [-0.2, 0) is 4.79 Å². The van der Waals surface area contributed by atoms with Crippen LogP contribution >= 0.6 is 0 Å². The van der Waals surface area contributed by atoms with Gasteiger partial charge < -0.3 is 5.32 Å². The van der Waals surface area contributed by atoms with Gasteiger partial charge >= 0.3 is 0 Å². The molecule has 114 valence electrons. The van der Waals surface area contributed by atoms with E-state index in [4.69, 9.17) is 0 Å². The van der Waals surface area contributed by atoms with E-state index in [1.165, 1.54) is 11.1 Å². The van der Waals surface area contributed by atoms with Crippen LogP contribution in [0.4, 0.5) is 0 Å². The zero-order chi connectivity index (χ0) is 15.2. The Morgan fingerprint density at radius 1 is 1.00 bits per heavy atom. The molecule has 0 aromatic heterocycles. The summed E-state index contributed by atoms with van der Waals surface area (Å²) in [5, 5.41) is 3.31. The van der Waals surface area contributed by atoms with Crippen molar-refractivity contribution in [2.45, 2.75) is 37.6 Å². The lowest BCUT2D eigenvalue weighted by Crippen LogP contribution is -2.30. The molecule has 1 fully saturated rings. The maximum atomic E-state index is 12.3. The van der Waals surface area contributed by atoms with E-state index < -0.39 is 0 Å². The maximum Gasteiger partial charge on any atom is 0.149 e. The van der Waals surface area contributed by atoms with Crippen LogP contribution in [0.5, 0.6) is 0 Å². The summed E-state index contributed by atoms with van der Waals surface area (Å²) >= 11 is 0. The molecule has 2 heteroatoms. The average molecular weight is 293 g/mol. The van der Waals surface area contributed by atoms with E-state index in [0.29, 0.717) is 18.1 Å². The van der Waals surface area contributed by atoms with Gasteiger partial charge in [0.05, 0.1) is 6.04 Å². The molecule has 0 radical (unpaired) electrons. The van der Waals surface area contributed by atoms with E-state index in [1.807, 2.05) is 12.1 Å². The summed E-state index contributed by atoms with van der Waals surface area (Å²) in [5.41, 5.74) is 2.58. The fourth-order valence-electron chi connectivity index (χ4n) is 3.32. The lowest BCUT2D eigenvalue weighted by molar-refractivity contribution is -0.120. The van der Waals surface area contributed by atoms with E-state index in [2.05, 4.69) is 53.8 Å². The van der Waals surface area contributed by atoms with E-state index in [-0.39, 0.29) is 6.04 Å². The van der Waals surface area contributed by atoms with Crippen molar-refractivity contribution in [3.8, 4) is 0 Å². The van der Waals surface area contributed by atoms with Gasteiger partial charge in [0.2, 0.25) is 0 Å². The SMILES string of the molecule is O=C(CCC(c1ccccc1)c1ccccc1)C1CCCN1. The summed E-state index contributed by atoms with van der Waals surface area (Å²) in [6.45, 7) is 0.983. The second-order valence-corrected chi connectivity index (χ2v) is 6.03. The second-order valence-electron chi connectivity index (χ2n) is 6.03. The lowest BCUT2D eigenvalue weighted by Gasteiger charge is -2.19. The average Bonchev–Trinajstić information content (AvgIpc) is 3.11. The van der Waals surface area contributed by atoms with Gasteiger partial charge in [-0.3, -0.25) is 4.79 Å². The molecule has 0 saturated carbocycles. The molecule has 22 heavy (non-hydrogen) atoms. The lowest BCUT2D eigenvalue weighted by atomic mass is 9.86. The van der Waals surface area contributed by atoms with Crippen LogP contribution in [0.25, 0.3) is 0 Å². The van der Waals surface area contributed by atoms with Gasteiger partial charge in [-0.1, -0.05) is 60.7 Å². The molecule has 1 unspecified atom stereocenters. The molecule has 1 heterocycles. The molecule has 2 aromatic rings. The predicted molar refractivity (Wildman–Crippen MR) is 90.0 cm³/mol. The summed E-state index contributed by atoms with van der Waals surface area (Å²) in [7, 11) is 0. The van der Waals surface area contributed by atoms with E-state index in [9.17, 15) is 4.79 Å². The van der Waals surface area contributed by atoms with Crippen molar-refractivity contribution >= 4 is 5.78 Å². The summed E-state index contributed by atoms with van der Waals surface area (Å²) in [6.07, 6.45) is 3.65. The molecule has 0 bridgehead atoms. The van der Waals surface area contributed by atoms with Gasteiger partial charge in [-0.2, -0.15) is 0 Å². The number of carbonyl (C=O) groups excluding carboxylic acids is 1. The Bertz CT molecular complexity index is 548. The zero-order valence-electron chi connectivity index (χ0n) is 12.9. The van der Waals surface area contributed by atoms with E-state index in [0.717, 1.165) is 25.8 Å². The first-order valence-corrected chi connectivity index (χ1v) is 8.20. The largest absolute Gasteiger partial charge is 0.307 e. The summed E-state index contributed by atoms with van der Waals surface area (Å²) in [4.78, 5) is 12.3. The van der Waals surface area contributed by atoms with Crippen LogP contribution in [0.1, 0.15) is 42.7 Å². The second kappa shape index (κ2) is 7.37. The molecule has 1 saturated heterocycles. The van der Waals surface area contributed by atoms with Gasteiger partial charge in [0.1, 0.15) is 5.78 Å². The highest BCUT2D eigenvalue weighted by Crippen LogP contribution is 2.29. The zero-order valence-corrected chi connectivity index (χ0v) is 12.9. The molecule has 1 atom stereocenters. The normalized spacial score (nSPS) is 17.8. The molecule has 1 aliphatic heterocycles. The minimum absolute atomic E-state index is 0.0900. The molecule has 3 rings (SSSR count). The Morgan fingerprint density at radius 3 is 2.09 bits per heavy atom. The molecule has 0 amide bonds. The predicted octanol–water partition coefficient (Wildman–Crippen LogP) is 3.92. The van der Waals surface area contributed by atoms with Crippen molar-refractivity contribution in [1.82, 2.24) is 5.32 Å². The quantitative estimate of drug-likeness (QED) is 0.874. The Balaban J connectivity index is 1.73. The first-order valence-electron chi connectivity index (χ1n) is 8.20. The number of hydrogen-bond acceptors (Lipinski definition) is 2. The monoisotopic (exact) mass is 293 g/mol. The fourth-order valence-corrected chi connectivity index (χ4v) is 3.32. The molecule has 0 spiro atoms. The van der Waals surface area contributed by atoms with Crippen LogP contribution in [0.3, 0.4) is 0 Å². The molecule has 2 aromatic carbocycles. The molecule has 1 aliphatic rings. The maximum absolute atomic E-state index is 12.3. The van der Waals surface area contributed by atoms with Crippen LogP contribution in [-0.4, -0.2) is 18.4 Å². The van der Waals surface area contributed by atoms with Crippen molar-refractivity contribution in [2.24, 2.45) is 0 Å². The third kappa shape index (κ3) is 3.63. The highest BCUT2D eigenvalue weighted by Gasteiger charge is 2.23. The number of rotatable bonds is 6. The molecular formula is C20H23NO. The van der Waals surface area contributed by atoms with E-state index in [1.54, 1.807) is 0 Å². The van der Waals surface area contributed by atoms with Gasteiger partial charge in [-0.15, -0.1) is 0 Å². The van der Waals surface area contributed by atoms with Crippen molar-refractivity contribution < 1.29 is 4.79 Å². The van der Waals surface area contributed by atoms with Crippen LogP contribution in [0.2, 0.25) is 0 Å².